The summed E-state index contributed by atoms with van der Waals surface area (Å²) < 4.78 is 18.5. The number of oxazole rings is 1. The number of hydrogen-bond acceptors (Lipinski definition) is 2. The molecule has 16 heavy (non-hydrogen) atoms. The van der Waals surface area contributed by atoms with Gasteiger partial charge in [0, 0.05) is 11.0 Å². The Bertz CT molecular complexity index is 511. The molecule has 3 heteroatoms. The van der Waals surface area contributed by atoms with E-state index in [-0.39, 0.29) is 11.2 Å². The van der Waals surface area contributed by atoms with E-state index in [0.29, 0.717) is 5.89 Å². The van der Waals surface area contributed by atoms with E-state index in [9.17, 15) is 4.39 Å². The van der Waals surface area contributed by atoms with Crippen LogP contribution in [0.5, 0.6) is 0 Å². The van der Waals surface area contributed by atoms with Crippen LogP contribution in [0.3, 0.4) is 0 Å². The van der Waals surface area contributed by atoms with Crippen molar-refractivity contribution in [3.05, 3.63) is 42.0 Å². The highest BCUT2D eigenvalue weighted by molar-refractivity contribution is 5.53. The predicted octanol–water partition coefficient (Wildman–Crippen LogP) is 3.53. The average molecular weight is 217 g/mol. The molecule has 0 radical (unpaired) electrons. The van der Waals surface area contributed by atoms with Crippen molar-refractivity contribution in [2.45, 2.75) is 25.2 Å². The third-order valence-electron chi connectivity index (χ3n) is 3.19. The number of aromatic nitrogens is 1. The monoisotopic (exact) mass is 217 g/mol. The van der Waals surface area contributed by atoms with Crippen LogP contribution in [0.4, 0.5) is 4.39 Å². The summed E-state index contributed by atoms with van der Waals surface area (Å²) >= 11 is 0. The van der Waals surface area contributed by atoms with Crippen molar-refractivity contribution < 1.29 is 8.81 Å². The number of rotatable bonds is 2. The summed E-state index contributed by atoms with van der Waals surface area (Å²) in [6.07, 6.45) is 4.10. The van der Waals surface area contributed by atoms with Crippen LogP contribution in [0.1, 0.15) is 25.5 Å². The maximum Gasteiger partial charge on any atom is 0.226 e. The Morgan fingerprint density at radius 2 is 1.94 bits per heavy atom. The summed E-state index contributed by atoms with van der Waals surface area (Å²) in [6.45, 7) is 2.17. The van der Waals surface area contributed by atoms with Gasteiger partial charge in [-0.25, -0.2) is 9.37 Å². The number of halogens is 1. The predicted molar refractivity (Wildman–Crippen MR) is 58.5 cm³/mol. The van der Waals surface area contributed by atoms with Crippen LogP contribution in [0.15, 0.2) is 34.9 Å². The van der Waals surface area contributed by atoms with Gasteiger partial charge in [-0.2, -0.15) is 0 Å². The van der Waals surface area contributed by atoms with Gasteiger partial charge in [0.15, 0.2) is 0 Å². The van der Waals surface area contributed by atoms with Gasteiger partial charge in [-0.15, -0.1) is 0 Å². The lowest BCUT2D eigenvalue weighted by atomic mass is 10.1. The van der Waals surface area contributed by atoms with Crippen LogP contribution < -0.4 is 0 Å². The molecule has 0 aliphatic heterocycles. The van der Waals surface area contributed by atoms with Crippen LogP contribution >= 0.6 is 0 Å². The number of hydrogen-bond donors (Lipinski definition) is 0. The third kappa shape index (κ3) is 1.52. The summed E-state index contributed by atoms with van der Waals surface area (Å²) in [5, 5.41) is 0. The molecule has 0 amide bonds. The minimum Gasteiger partial charge on any atom is -0.441 e. The Hall–Kier alpha value is -1.64. The molecule has 1 aromatic heterocycles. The van der Waals surface area contributed by atoms with Crippen molar-refractivity contribution in [1.82, 2.24) is 4.98 Å². The molecule has 1 aromatic carbocycles. The number of benzene rings is 1. The molecule has 1 aliphatic carbocycles. The molecule has 1 aliphatic rings. The SMILES string of the molecule is CC1(c2cnc(-c3ccc(F)cc3)o2)CC1. The molecule has 0 unspecified atom stereocenters. The topological polar surface area (TPSA) is 26.0 Å². The Balaban J connectivity index is 1.95. The van der Waals surface area contributed by atoms with E-state index < -0.39 is 0 Å². The van der Waals surface area contributed by atoms with E-state index in [1.54, 1.807) is 18.3 Å². The van der Waals surface area contributed by atoms with Crippen molar-refractivity contribution >= 4 is 0 Å². The molecule has 1 saturated carbocycles. The molecule has 3 rings (SSSR count). The van der Waals surface area contributed by atoms with Crippen molar-refractivity contribution in [3.63, 3.8) is 0 Å². The van der Waals surface area contributed by atoms with Crippen molar-refractivity contribution in [2.24, 2.45) is 0 Å². The van der Waals surface area contributed by atoms with Crippen LogP contribution in [0, 0.1) is 5.82 Å². The Morgan fingerprint density at radius 3 is 2.56 bits per heavy atom. The van der Waals surface area contributed by atoms with E-state index >= 15 is 0 Å². The average Bonchev–Trinajstić information content (AvgIpc) is 2.84. The molecule has 82 valence electrons. The summed E-state index contributed by atoms with van der Waals surface area (Å²) in [5.74, 6) is 1.26. The first kappa shape index (κ1) is 9.58. The zero-order chi connectivity index (χ0) is 11.2. The molecule has 2 aromatic rings. The Kier molecular flexibility index (Phi) is 1.90. The van der Waals surface area contributed by atoms with E-state index in [2.05, 4.69) is 11.9 Å². The molecule has 0 bridgehead atoms. The van der Waals surface area contributed by atoms with E-state index in [1.165, 1.54) is 12.1 Å². The summed E-state index contributed by atoms with van der Waals surface area (Å²) in [6, 6.07) is 6.19. The smallest absolute Gasteiger partial charge is 0.226 e. The van der Waals surface area contributed by atoms with E-state index in [1.807, 2.05) is 0 Å². The minimum absolute atomic E-state index is 0.186. The molecule has 0 spiro atoms. The Labute approximate surface area is 93.1 Å². The molecular formula is C13H12FNO. The fraction of sp³-hybridized carbons (Fsp3) is 0.308. The molecular weight excluding hydrogens is 205 g/mol. The molecule has 1 fully saturated rings. The third-order valence-corrected chi connectivity index (χ3v) is 3.19. The molecule has 2 nitrogen and oxygen atoms in total. The normalized spacial score (nSPS) is 17.4. The van der Waals surface area contributed by atoms with Gasteiger partial charge in [0.25, 0.3) is 0 Å². The largest absolute Gasteiger partial charge is 0.441 e. The van der Waals surface area contributed by atoms with Crippen molar-refractivity contribution in [3.8, 4) is 11.5 Å². The fourth-order valence-corrected chi connectivity index (χ4v) is 1.71. The molecule has 0 N–H and O–H groups in total. The maximum absolute atomic E-state index is 12.8. The lowest BCUT2D eigenvalue weighted by Gasteiger charge is -2.01. The van der Waals surface area contributed by atoms with Gasteiger partial charge in [0.1, 0.15) is 11.6 Å². The van der Waals surface area contributed by atoms with Crippen LogP contribution in [0.25, 0.3) is 11.5 Å². The Morgan fingerprint density at radius 1 is 1.25 bits per heavy atom. The van der Waals surface area contributed by atoms with Gasteiger partial charge in [-0.3, -0.25) is 0 Å². The molecule has 0 saturated heterocycles. The first-order valence-electron chi connectivity index (χ1n) is 5.40. The van der Waals surface area contributed by atoms with Gasteiger partial charge in [0.05, 0.1) is 6.20 Å². The zero-order valence-electron chi connectivity index (χ0n) is 9.03. The quantitative estimate of drug-likeness (QED) is 0.769. The summed E-state index contributed by atoms with van der Waals surface area (Å²) in [4.78, 5) is 4.23. The van der Waals surface area contributed by atoms with E-state index in [0.717, 1.165) is 24.2 Å². The lowest BCUT2D eigenvalue weighted by Crippen LogP contribution is -1.95. The van der Waals surface area contributed by atoms with Gasteiger partial charge < -0.3 is 4.42 Å². The molecule has 1 heterocycles. The standard InChI is InChI=1S/C13H12FNO/c1-13(6-7-13)11-8-15-12(16-11)9-2-4-10(14)5-3-9/h2-5,8H,6-7H2,1H3. The second-order valence-corrected chi connectivity index (χ2v) is 4.60. The van der Waals surface area contributed by atoms with E-state index in [4.69, 9.17) is 4.42 Å². The van der Waals surface area contributed by atoms with Crippen molar-refractivity contribution in [2.75, 3.05) is 0 Å². The number of nitrogens with zero attached hydrogens (tertiary/aromatic N) is 1. The minimum atomic E-state index is -0.246. The highest BCUT2D eigenvalue weighted by atomic mass is 19.1. The van der Waals surface area contributed by atoms with Crippen LogP contribution in [-0.4, -0.2) is 4.98 Å². The first-order chi connectivity index (χ1) is 7.67. The zero-order valence-corrected chi connectivity index (χ0v) is 9.03. The second-order valence-electron chi connectivity index (χ2n) is 4.60. The van der Waals surface area contributed by atoms with Gasteiger partial charge in [-0.1, -0.05) is 6.92 Å². The molecule has 0 atom stereocenters. The van der Waals surface area contributed by atoms with Gasteiger partial charge in [-0.05, 0) is 37.1 Å². The summed E-state index contributed by atoms with van der Waals surface area (Å²) in [5.41, 5.74) is 1.00. The van der Waals surface area contributed by atoms with Crippen LogP contribution in [0.2, 0.25) is 0 Å². The van der Waals surface area contributed by atoms with Crippen molar-refractivity contribution in [1.29, 1.82) is 0 Å². The highest BCUT2D eigenvalue weighted by Crippen LogP contribution is 2.48. The lowest BCUT2D eigenvalue weighted by molar-refractivity contribution is 0.474. The van der Waals surface area contributed by atoms with Crippen LogP contribution in [-0.2, 0) is 5.41 Å². The van der Waals surface area contributed by atoms with Gasteiger partial charge in [0.2, 0.25) is 5.89 Å². The summed E-state index contributed by atoms with van der Waals surface area (Å²) in [7, 11) is 0. The second kappa shape index (κ2) is 3.17. The highest BCUT2D eigenvalue weighted by Gasteiger charge is 2.42. The maximum atomic E-state index is 12.8. The van der Waals surface area contributed by atoms with Gasteiger partial charge >= 0.3 is 0 Å². The first-order valence-corrected chi connectivity index (χ1v) is 5.40. The fourth-order valence-electron chi connectivity index (χ4n) is 1.71.